The summed E-state index contributed by atoms with van der Waals surface area (Å²) in [6.07, 6.45) is 23.4. The zero-order valence-electron chi connectivity index (χ0n) is 45.4. The summed E-state index contributed by atoms with van der Waals surface area (Å²) in [5.41, 5.74) is 29.7. The third kappa shape index (κ3) is 10.0. The molecule has 0 radical (unpaired) electrons. The number of hydrogen-bond donors (Lipinski definition) is 0. The third-order valence-electron chi connectivity index (χ3n) is 17.9. The van der Waals surface area contributed by atoms with Gasteiger partial charge in [-0.25, -0.2) is 0 Å². The first-order valence-corrected chi connectivity index (χ1v) is 44.4. The van der Waals surface area contributed by atoms with Gasteiger partial charge in [-0.05, 0) is 0 Å². The number of halogens is 2. The average molecular weight is 1090 g/mol. The van der Waals surface area contributed by atoms with Gasteiger partial charge in [0.15, 0.2) is 0 Å². The third-order valence-corrected chi connectivity index (χ3v) is 69.6. The molecule has 0 aromatic heterocycles. The average Bonchev–Trinajstić information content (AvgIpc) is 3.63. The molecule has 4 aliphatic rings. The number of rotatable bonds is 11. The summed E-state index contributed by atoms with van der Waals surface area (Å²) >= 11 is -5.53. The van der Waals surface area contributed by atoms with Crippen LogP contribution in [0.15, 0.2) is 108 Å². The van der Waals surface area contributed by atoms with Gasteiger partial charge in [0.2, 0.25) is 0 Å². The molecule has 72 heavy (non-hydrogen) atoms. The van der Waals surface area contributed by atoms with Crippen molar-refractivity contribution in [3.05, 3.63) is 175 Å². The fourth-order valence-corrected chi connectivity index (χ4v) is 46.0. The Bertz CT molecular complexity index is 2830. The Balaban J connectivity index is 1.32. The van der Waals surface area contributed by atoms with Crippen LogP contribution in [-0.4, -0.2) is 5.92 Å². The van der Waals surface area contributed by atoms with Crippen molar-refractivity contribution in [1.82, 2.24) is 0 Å². The number of allylic oxidation sites excluding steroid dienone is 2. The summed E-state index contributed by atoms with van der Waals surface area (Å²) in [6, 6.07) is 38.6. The quantitative estimate of drug-likeness (QED) is 0.0896. The summed E-state index contributed by atoms with van der Waals surface area (Å²) in [7, 11) is 19.6. The van der Waals surface area contributed by atoms with Crippen LogP contribution in [0.3, 0.4) is 0 Å². The van der Waals surface area contributed by atoms with E-state index >= 15 is 0 Å². The number of fused-ring (bicyclic) bond motifs is 2. The molecule has 0 spiro atoms. The van der Waals surface area contributed by atoms with E-state index in [2.05, 4.69) is 178 Å². The summed E-state index contributed by atoms with van der Waals surface area (Å²) < 4.78 is -0.0429. The summed E-state index contributed by atoms with van der Waals surface area (Å²) in [5.74, 6) is -0.709. The molecule has 0 nitrogen and oxygen atoms in total. The van der Waals surface area contributed by atoms with Gasteiger partial charge in [-0.1, -0.05) is 0 Å². The van der Waals surface area contributed by atoms with Gasteiger partial charge in [0.05, 0.1) is 0 Å². The maximum atomic E-state index is 9.78. The Morgan fingerprint density at radius 3 is 0.931 bits per heavy atom. The number of benzene rings is 6. The Morgan fingerprint density at radius 2 is 0.653 bits per heavy atom. The van der Waals surface area contributed by atoms with E-state index in [0.29, 0.717) is 11.8 Å². The molecule has 0 saturated heterocycles. The second-order valence-corrected chi connectivity index (χ2v) is 66.8. The van der Waals surface area contributed by atoms with Crippen molar-refractivity contribution in [2.75, 3.05) is 0 Å². The van der Waals surface area contributed by atoms with Crippen molar-refractivity contribution in [3.8, 4) is 44.5 Å². The molecule has 2 unspecified atom stereocenters. The van der Waals surface area contributed by atoms with E-state index in [4.69, 9.17) is 0 Å². The van der Waals surface area contributed by atoms with E-state index in [1.807, 2.05) is 0 Å². The molecule has 0 N–H and O–H groups in total. The van der Waals surface area contributed by atoms with E-state index < -0.39 is 21.5 Å². The van der Waals surface area contributed by atoms with Crippen LogP contribution in [0, 0.1) is 67.2 Å². The van der Waals surface area contributed by atoms with Crippen LogP contribution in [-0.2, 0) is 15.6 Å². The fraction of sp³-hybridized carbons (Fsp3) is 0.412. The molecular weight excluding hydrogens is 1010 g/mol. The second-order valence-electron chi connectivity index (χ2n) is 24.3. The van der Waals surface area contributed by atoms with Crippen molar-refractivity contribution < 1.29 is 15.6 Å². The van der Waals surface area contributed by atoms with E-state index in [-0.39, 0.29) is 7.25 Å². The van der Waals surface area contributed by atoms with Gasteiger partial charge in [0.1, 0.15) is 0 Å². The first-order chi connectivity index (χ1) is 34.4. The molecule has 0 heterocycles. The van der Waals surface area contributed by atoms with Gasteiger partial charge in [0, 0.05) is 0 Å². The first kappa shape index (κ1) is 51.9. The Kier molecular flexibility index (Phi) is 15.1. The van der Waals surface area contributed by atoms with Gasteiger partial charge in [-0.2, -0.15) is 0 Å². The maximum absolute atomic E-state index is 9.78. The predicted octanol–water partition coefficient (Wildman–Crippen LogP) is 21.1. The van der Waals surface area contributed by atoms with E-state index in [0.717, 1.165) is 12.8 Å². The number of aryl methyl sites for hydroxylation is 8. The number of hydrogen-bond acceptors (Lipinski definition) is 0. The van der Waals surface area contributed by atoms with Crippen LogP contribution in [0.5, 0.6) is 0 Å². The van der Waals surface area contributed by atoms with Gasteiger partial charge in [0.25, 0.3) is 0 Å². The molecule has 6 aromatic rings. The zero-order valence-corrected chi connectivity index (χ0v) is 50.6. The van der Waals surface area contributed by atoms with E-state index in [1.54, 1.807) is 11.1 Å². The van der Waals surface area contributed by atoms with Crippen LogP contribution < -0.4 is 0 Å². The van der Waals surface area contributed by atoms with Crippen LogP contribution >= 0.6 is 17.0 Å². The van der Waals surface area contributed by atoms with Gasteiger partial charge in [-0.15, -0.1) is 0 Å². The topological polar surface area (TPSA) is 0 Å². The van der Waals surface area contributed by atoms with E-state index in [9.17, 15) is 17.0 Å². The van der Waals surface area contributed by atoms with Crippen molar-refractivity contribution in [1.29, 1.82) is 0 Å². The molecular formula is C68H81Cl2SiZr. The normalized spacial score (nSPS) is 19.3. The first-order valence-electron chi connectivity index (χ1n) is 28.1. The summed E-state index contributed by atoms with van der Waals surface area (Å²) in [4.78, 5) is 0. The van der Waals surface area contributed by atoms with Crippen molar-refractivity contribution in [3.63, 3.8) is 0 Å². The van der Waals surface area contributed by atoms with Crippen molar-refractivity contribution in [2.45, 2.75) is 166 Å². The molecule has 10 rings (SSSR count). The molecule has 2 atom stereocenters. The molecule has 4 aliphatic carbocycles. The monoisotopic (exact) mass is 1090 g/mol. The summed E-state index contributed by atoms with van der Waals surface area (Å²) in [6.45, 7) is 23.3. The van der Waals surface area contributed by atoms with Crippen LogP contribution in [0.4, 0.5) is 0 Å². The van der Waals surface area contributed by atoms with Crippen LogP contribution in [0.1, 0.15) is 164 Å². The molecule has 375 valence electrons. The van der Waals surface area contributed by atoms with Gasteiger partial charge in [-0.3, -0.25) is 0 Å². The van der Waals surface area contributed by atoms with Crippen LogP contribution in [0.2, 0.25) is 13.1 Å². The Morgan fingerprint density at radius 1 is 0.389 bits per heavy atom. The molecule has 4 heteroatoms. The predicted molar refractivity (Wildman–Crippen MR) is 316 cm³/mol. The van der Waals surface area contributed by atoms with Crippen LogP contribution in [0.25, 0.3) is 56.7 Å². The fourth-order valence-electron chi connectivity index (χ4n) is 14.9. The molecule has 6 aromatic carbocycles. The standard InChI is InChI=1S/2C33H37.C2H7Si.2ClH.Zr/c2*1-22-13-23(2)16-28(15-22)30-11-12-31(29-17-24(3)14-25(4)18-29)33-21-27(20-32(30)33)19-26-9-7-5-6-8-10-26;1-3-2;;;/h2*11-18,20-21,26H,5-10,19H2,1-4H3;3H,1-2H3;2*1H;/q;;;;;+2/p-2. The summed E-state index contributed by atoms with van der Waals surface area (Å²) in [5, 5.41) is 0. The Labute approximate surface area is 444 Å². The molecule has 0 aliphatic heterocycles. The second kappa shape index (κ2) is 20.9. The minimum atomic E-state index is -5.53. The van der Waals surface area contributed by atoms with E-state index in [1.165, 1.54) is 188 Å². The molecule has 0 amide bonds. The SMILES string of the molecule is Cc1cc(C)cc(-c2ccc(-c3cc(C)cc(C)c3)c3c2C=C(CC2CCCCCC2)[CH]3[Zr]([Cl])([Cl])([CH]2C(CC3CCCCCC3)=Cc3c(-c4cc(C)cc(C)c4)ccc(-c4cc(C)cc(C)c4)c32)[SiH](C)C)c1. The van der Waals surface area contributed by atoms with Gasteiger partial charge < -0.3 is 0 Å². The molecule has 0 bridgehead atoms. The van der Waals surface area contributed by atoms with Crippen molar-refractivity contribution >= 4 is 35.1 Å². The van der Waals surface area contributed by atoms with Gasteiger partial charge >= 0.3 is 448 Å². The van der Waals surface area contributed by atoms with Crippen molar-refractivity contribution in [2.24, 2.45) is 11.8 Å². The molecule has 2 fully saturated rings. The zero-order chi connectivity index (χ0) is 50.7. The minimum absolute atomic E-state index is 0.0215. The Hall–Kier alpha value is -3.52. The molecule has 2 saturated carbocycles.